The molecule has 0 aromatic carbocycles. The molecule has 1 heterocycles. The maximum Gasteiger partial charge on any atom is 0.226 e. The Labute approximate surface area is 113 Å². The van der Waals surface area contributed by atoms with E-state index in [2.05, 4.69) is 20.0 Å². The van der Waals surface area contributed by atoms with Crippen molar-refractivity contribution in [2.45, 2.75) is 26.9 Å². The molecule has 0 saturated carbocycles. The number of aryl methyl sites for hydroxylation is 1. The van der Waals surface area contributed by atoms with Gasteiger partial charge in [-0.25, -0.2) is 18.1 Å². The summed E-state index contributed by atoms with van der Waals surface area (Å²) >= 11 is 0. The number of sulfonamides is 1. The van der Waals surface area contributed by atoms with Gasteiger partial charge in [-0.3, -0.25) is 0 Å². The van der Waals surface area contributed by atoms with Crippen molar-refractivity contribution in [3.63, 3.8) is 0 Å². The highest BCUT2D eigenvalue weighted by atomic mass is 32.2. The van der Waals surface area contributed by atoms with Gasteiger partial charge in [-0.05, 0) is 27.8 Å². The second-order valence-electron chi connectivity index (χ2n) is 4.29. The van der Waals surface area contributed by atoms with E-state index in [1.54, 1.807) is 6.07 Å². The van der Waals surface area contributed by atoms with Gasteiger partial charge >= 0.3 is 0 Å². The Kier molecular flexibility index (Phi) is 5.49. The number of hydrogen-bond acceptors (Lipinski definition) is 6. The first kappa shape index (κ1) is 15.6. The largest absolute Gasteiger partial charge is 0.475 e. The first-order valence-corrected chi connectivity index (χ1v) is 7.65. The van der Waals surface area contributed by atoms with Crippen LogP contribution in [0.15, 0.2) is 6.07 Å². The molecule has 0 radical (unpaired) electrons. The lowest BCUT2D eigenvalue weighted by molar-refractivity contribution is 0.232. The number of nitrogens with zero attached hydrogens (tertiary/aromatic N) is 2. The van der Waals surface area contributed by atoms with Crippen molar-refractivity contribution < 1.29 is 13.2 Å². The minimum atomic E-state index is -3.23. The lowest BCUT2D eigenvalue weighted by Gasteiger charge is -2.11. The fourth-order valence-corrected chi connectivity index (χ4v) is 1.89. The SMILES string of the molecule is CNS(=O)(=O)CCNc1nc(C)cc(OC(C)C)n1. The Morgan fingerprint density at radius 3 is 2.63 bits per heavy atom. The van der Waals surface area contributed by atoms with E-state index in [1.807, 2.05) is 20.8 Å². The molecule has 0 atom stereocenters. The molecule has 0 saturated heterocycles. The summed E-state index contributed by atoms with van der Waals surface area (Å²) in [5, 5.41) is 2.87. The zero-order valence-corrected chi connectivity index (χ0v) is 12.4. The van der Waals surface area contributed by atoms with Crippen LogP contribution in [0.1, 0.15) is 19.5 Å². The molecule has 0 bridgehead atoms. The van der Waals surface area contributed by atoms with Crippen LogP contribution in [0.3, 0.4) is 0 Å². The molecule has 0 spiro atoms. The number of aromatic nitrogens is 2. The van der Waals surface area contributed by atoms with Gasteiger partial charge in [-0.1, -0.05) is 0 Å². The van der Waals surface area contributed by atoms with E-state index in [0.29, 0.717) is 11.8 Å². The van der Waals surface area contributed by atoms with Crippen molar-refractivity contribution in [3.05, 3.63) is 11.8 Å². The van der Waals surface area contributed by atoms with E-state index < -0.39 is 10.0 Å². The number of nitrogens with one attached hydrogen (secondary N) is 2. The normalized spacial score (nSPS) is 11.6. The third-order valence-corrected chi connectivity index (χ3v) is 3.52. The minimum absolute atomic E-state index is 0.0202. The average Bonchev–Trinajstić information content (AvgIpc) is 2.27. The molecule has 8 heteroatoms. The first-order valence-electron chi connectivity index (χ1n) is 6.00. The molecule has 1 aromatic heterocycles. The van der Waals surface area contributed by atoms with Crippen LogP contribution >= 0.6 is 0 Å². The predicted octanol–water partition coefficient (Wildman–Crippen LogP) is 0.533. The van der Waals surface area contributed by atoms with Crippen LogP contribution in [-0.4, -0.2) is 43.8 Å². The molecule has 2 N–H and O–H groups in total. The quantitative estimate of drug-likeness (QED) is 0.760. The highest BCUT2D eigenvalue weighted by Crippen LogP contribution is 2.13. The van der Waals surface area contributed by atoms with Crippen molar-refractivity contribution in [2.24, 2.45) is 0 Å². The smallest absolute Gasteiger partial charge is 0.226 e. The third-order valence-electron chi connectivity index (χ3n) is 2.15. The van der Waals surface area contributed by atoms with Gasteiger partial charge in [0.05, 0.1) is 11.9 Å². The van der Waals surface area contributed by atoms with E-state index >= 15 is 0 Å². The maximum atomic E-state index is 11.3. The molecule has 0 unspecified atom stereocenters. The van der Waals surface area contributed by atoms with Crippen LogP contribution in [0.25, 0.3) is 0 Å². The highest BCUT2D eigenvalue weighted by molar-refractivity contribution is 7.89. The van der Waals surface area contributed by atoms with Crippen molar-refractivity contribution in [1.82, 2.24) is 14.7 Å². The second-order valence-corrected chi connectivity index (χ2v) is 6.33. The van der Waals surface area contributed by atoms with Crippen molar-refractivity contribution >= 4 is 16.0 Å². The molecular weight excluding hydrogens is 268 g/mol. The minimum Gasteiger partial charge on any atom is -0.475 e. The van der Waals surface area contributed by atoms with Gasteiger partial charge in [0.2, 0.25) is 21.9 Å². The second kappa shape index (κ2) is 6.67. The van der Waals surface area contributed by atoms with Crippen LogP contribution in [0, 0.1) is 6.92 Å². The standard InChI is InChI=1S/C11H20N4O3S/c1-8(2)18-10-7-9(3)14-11(15-10)13-5-6-19(16,17)12-4/h7-8,12H,5-6H2,1-4H3,(H,13,14,15). The van der Waals surface area contributed by atoms with Crippen LogP contribution in [-0.2, 0) is 10.0 Å². The number of ether oxygens (including phenoxy) is 1. The number of hydrogen-bond donors (Lipinski definition) is 2. The Morgan fingerprint density at radius 2 is 2.05 bits per heavy atom. The van der Waals surface area contributed by atoms with E-state index in [4.69, 9.17) is 4.74 Å². The van der Waals surface area contributed by atoms with E-state index in [1.165, 1.54) is 7.05 Å². The molecule has 1 aromatic rings. The summed E-state index contributed by atoms with van der Waals surface area (Å²) < 4.78 is 30.2. The van der Waals surface area contributed by atoms with Crippen LogP contribution < -0.4 is 14.8 Å². The van der Waals surface area contributed by atoms with Crippen molar-refractivity contribution in [1.29, 1.82) is 0 Å². The molecule has 0 aliphatic rings. The lowest BCUT2D eigenvalue weighted by Crippen LogP contribution is -2.26. The third kappa shape index (κ3) is 5.84. The summed E-state index contributed by atoms with van der Waals surface area (Å²) in [6, 6.07) is 1.73. The first-order chi connectivity index (χ1) is 8.82. The molecule has 0 aliphatic heterocycles. The van der Waals surface area contributed by atoms with E-state index in [0.717, 1.165) is 5.69 Å². The van der Waals surface area contributed by atoms with Crippen LogP contribution in [0.5, 0.6) is 5.88 Å². The van der Waals surface area contributed by atoms with Gasteiger partial charge < -0.3 is 10.1 Å². The summed E-state index contributed by atoms with van der Waals surface area (Å²) in [4.78, 5) is 8.33. The van der Waals surface area contributed by atoms with Crippen molar-refractivity contribution in [3.8, 4) is 5.88 Å². The fraction of sp³-hybridized carbons (Fsp3) is 0.636. The van der Waals surface area contributed by atoms with Gasteiger partial charge in [0.25, 0.3) is 0 Å². The molecule has 0 aliphatic carbocycles. The summed E-state index contributed by atoms with van der Waals surface area (Å²) in [6.07, 6.45) is 0.0202. The van der Waals surface area contributed by atoms with E-state index in [-0.39, 0.29) is 18.4 Å². The van der Waals surface area contributed by atoms with Gasteiger partial charge in [-0.15, -0.1) is 0 Å². The lowest BCUT2D eigenvalue weighted by atomic mass is 10.4. The molecule has 0 fully saturated rings. The van der Waals surface area contributed by atoms with Gasteiger partial charge in [0.1, 0.15) is 0 Å². The fourth-order valence-electron chi connectivity index (χ4n) is 1.32. The maximum absolute atomic E-state index is 11.3. The molecular formula is C11H20N4O3S. The Hall–Kier alpha value is -1.41. The summed E-state index contributed by atoms with van der Waals surface area (Å²) in [7, 11) is -1.85. The summed E-state index contributed by atoms with van der Waals surface area (Å²) in [5.41, 5.74) is 0.754. The topological polar surface area (TPSA) is 93.2 Å². The highest BCUT2D eigenvalue weighted by Gasteiger charge is 2.08. The van der Waals surface area contributed by atoms with E-state index in [9.17, 15) is 8.42 Å². The Bertz CT molecular complexity index is 517. The van der Waals surface area contributed by atoms with Gasteiger partial charge in [-0.2, -0.15) is 4.98 Å². The van der Waals surface area contributed by atoms with Crippen LogP contribution in [0.4, 0.5) is 5.95 Å². The zero-order valence-electron chi connectivity index (χ0n) is 11.6. The van der Waals surface area contributed by atoms with Crippen LogP contribution in [0.2, 0.25) is 0 Å². The molecule has 1 rings (SSSR count). The summed E-state index contributed by atoms with van der Waals surface area (Å²) in [6.45, 7) is 5.87. The molecule has 19 heavy (non-hydrogen) atoms. The van der Waals surface area contributed by atoms with Gasteiger partial charge in [0, 0.05) is 18.3 Å². The Morgan fingerprint density at radius 1 is 1.37 bits per heavy atom. The predicted molar refractivity (Wildman–Crippen MR) is 73.9 cm³/mol. The van der Waals surface area contributed by atoms with Crippen molar-refractivity contribution in [2.75, 3.05) is 24.7 Å². The molecule has 0 amide bonds. The van der Waals surface area contributed by atoms with Gasteiger partial charge in [0.15, 0.2) is 0 Å². The average molecular weight is 288 g/mol. The summed E-state index contributed by atoms with van der Waals surface area (Å²) in [5.74, 6) is 0.796. The molecule has 7 nitrogen and oxygen atoms in total. The monoisotopic (exact) mass is 288 g/mol. The number of rotatable bonds is 7. The zero-order chi connectivity index (χ0) is 14.5. The molecule has 108 valence electrons. The Balaban J connectivity index is 2.66. The number of anilines is 1.